The van der Waals surface area contributed by atoms with Crippen molar-refractivity contribution >= 4 is 35.1 Å². The van der Waals surface area contributed by atoms with E-state index in [-0.39, 0.29) is 37.8 Å². The highest BCUT2D eigenvalue weighted by Gasteiger charge is 2.53. The van der Waals surface area contributed by atoms with Crippen molar-refractivity contribution in [3.8, 4) is 10.4 Å². The highest BCUT2D eigenvalue weighted by Crippen LogP contribution is 2.37. The summed E-state index contributed by atoms with van der Waals surface area (Å²) in [6.45, 7) is 8.99. The Bertz CT molecular complexity index is 1320. The van der Waals surface area contributed by atoms with Gasteiger partial charge >= 0.3 is 11.9 Å². The van der Waals surface area contributed by atoms with E-state index in [9.17, 15) is 24.3 Å². The number of likely N-dealkylation sites (tertiary alicyclic amines) is 1. The molecule has 6 atom stereocenters. The molecule has 1 unspecified atom stereocenters. The molecule has 1 aromatic heterocycles. The summed E-state index contributed by atoms with van der Waals surface area (Å²) in [5, 5.41) is 25.5. The molecule has 0 aliphatic carbocycles. The predicted octanol–water partition coefficient (Wildman–Crippen LogP) is 2.39. The molecule has 0 radical (unpaired) electrons. The maximum atomic E-state index is 13.6. The number of rotatable bonds is 12. The monoisotopic (exact) mass is 616 g/mol. The Morgan fingerprint density at radius 3 is 2.47 bits per heavy atom. The lowest BCUT2D eigenvalue weighted by Gasteiger charge is -2.35. The zero-order valence-electron chi connectivity index (χ0n) is 25.0. The van der Waals surface area contributed by atoms with E-state index in [0.29, 0.717) is 6.42 Å². The number of hydrogen-bond donors (Lipinski definition) is 4. The van der Waals surface area contributed by atoms with Crippen LogP contribution in [0.2, 0.25) is 0 Å². The van der Waals surface area contributed by atoms with Gasteiger partial charge in [0.2, 0.25) is 11.8 Å². The average molecular weight is 617 g/mol. The van der Waals surface area contributed by atoms with Gasteiger partial charge in [0.15, 0.2) is 0 Å². The first-order valence-corrected chi connectivity index (χ1v) is 15.2. The number of aryl methyl sites for hydroxylation is 1. The summed E-state index contributed by atoms with van der Waals surface area (Å²) in [7, 11) is 0. The van der Waals surface area contributed by atoms with Crippen molar-refractivity contribution in [3.05, 3.63) is 41.0 Å². The van der Waals surface area contributed by atoms with Crippen molar-refractivity contribution in [3.63, 3.8) is 0 Å². The highest BCUT2D eigenvalue weighted by molar-refractivity contribution is 7.13. The smallest absolute Gasteiger partial charge is 0.306 e. The molecule has 0 bridgehead atoms. The molecule has 0 saturated carbocycles. The van der Waals surface area contributed by atoms with Gasteiger partial charge in [0, 0.05) is 13.5 Å². The molecule has 2 aliphatic rings. The van der Waals surface area contributed by atoms with Gasteiger partial charge in [-0.25, -0.2) is 4.98 Å². The van der Waals surface area contributed by atoms with Crippen LogP contribution in [0.1, 0.15) is 64.3 Å². The summed E-state index contributed by atoms with van der Waals surface area (Å²) in [4.78, 5) is 55.6. The van der Waals surface area contributed by atoms with E-state index in [4.69, 9.17) is 14.6 Å². The number of nitrogens with zero attached hydrogens (tertiary/aromatic N) is 2. The van der Waals surface area contributed by atoms with Crippen molar-refractivity contribution in [2.45, 2.75) is 90.4 Å². The standard InChI is InChI=1S/C30H40N4O8S/c1-16-26(43-15-31-16)19-8-6-18(7-9-19)21(14-41-24(39)11-10-23(37)38)33-28-25(42-28)22-12-20(36)13-34(22)29(40)27(30(3,4)5)32-17(2)35/h6-9,15,20-22,25,27-28,33,36H,10-14H2,1-5H3,(H,32,35)(H,37,38)/t20-,21+,22+,25?,27-,28-/m1/s1. The third-order valence-electron chi connectivity index (χ3n) is 7.61. The molecule has 2 fully saturated rings. The van der Waals surface area contributed by atoms with Gasteiger partial charge in [0.05, 0.1) is 47.1 Å². The number of aliphatic hydroxyl groups is 1. The fourth-order valence-electron chi connectivity index (χ4n) is 5.32. The van der Waals surface area contributed by atoms with Crippen LogP contribution in [0, 0.1) is 12.3 Å². The molecule has 2 aromatic rings. The normalized spacial score (nSPS) is 23.0. The summed E-state index contributed by atoms with van der Waals surface area (Å²) < 4.78 is 11.4. The van der Waals surface area contributed by atoms with Crippen molar-refractivity contribution in [2.75, 3.05) is 13.2 Å². The number of amides is 2. The summed E-state index contributed by atoms with van der Waals surface area (Å²) in [5.74, 6) is -2.30. The number of aliphatic hydroxyl groups excluding tert-OH is 1. The van der Waals surface area contributed by atoms with E-state index >= 15 is 0 Å². The maximum Gasteiger partial charge on any atom is 0.306 e. The number of β-amino-alcohol motifs (C(OH)–C–C–N with tert-alkyl or cyclic N) is 1. The quantitative estimate of drug-likeness (QED) is 0.205. The summed E-state index contributed by atoms with van der Waals surface area (Å²) in [5.41, 5.74) is 3.99. The number of benzene rings is 1. The van der Waals surface area contributed by atoms with Crippen molar-refractivity contribution in [2.24, 2.45) is 5.41 Å². The van der Waals surface area contributed by atoms with Crippen LogP contribution in [-0.4, -0.2) is 87.5 Å². The van der Waals surface area contributed by atoms with E-state index in [1.807, 2.05) is 52.0 Å². The van der Waals surface area contributed by atoms with E-state index in [1.54, 1.807) is 21.7 Å². The SMILES string of the molecule is CC(=O)N[C@H](C(=O)N1C[C@H](O)C[C@H]1C1O[C@H]1N[C@@H](COC(=O)CCC(=O)O)c1ccc(-c2scnc2C)cc1)C(C)(C)C. The van der Waals surface area contributed by atoms with Crippen LogP contribution < -0.4 is 10.6 Å². The number of thiazole rings is 1. The molecule has 2 amide bonds. The maximum absolute atomic E-state index is 13.6. The lowest BCUT2D eigenvalue weighted by atomic mass is 9.85. The van der Waals surface area contributed by atoms with Gasteiger partial charge in [-0.2, -0.15) is 0 Å². The number of esters is 1. The first-order valence-electron chi connectivity index (χ1n) is 14.3. The minimum absolute atomic E-state index is 0.0610. The molecular formula is C30H40N4O8S. The van der Waals surface area contributed by atoms with E-state index in [1.165, 1.54) is 6.92 Å². The van der Waals surface area contributed by atoms with Gasteiger partial charge in [-0.1, -0.05) is 45.0 Å². The molecule has 4 rings (SSSR count). The molecule has 0 spiro atoms. The van der Waals surface area contributed by atoms with E-state index in [0.717, 1.165) is 21.7 Å². The van der Waals surface area contributed by atoms with Gasteiger partial charge in [-0.3, -0.25) is 24.5 Å². The van der Waals surface area contributed by atoms with Crippen molar-refractivity contribution in [1.29, 1.82) is 0 Å². The third kappa shape index (κ3) is 8.37. The first kappa shape index (κ1) is 32.5. The summed E-state index contributed by atoms with van der Waals surface area (Å²) in [6, 6.07) is 6.08. The minimum Gasteiger partial charge on any atom is -0.481 e. The van der Waals surface area contributed by atoms with Gasteiger partial charge in [0.1, 0.15) is 25.0 Å². The van der Waals surface area contributed by atoms with Gasteiger partial charge in [0.25, 0.3) is 0 Å². The Labute approximate surface area is 254 Å². The number of carbonyl (C=O) groups is 4. The lowest BCUT2D eigenvalue weighted by molar-refractivity contribution is -0.148. The Kier molecular flexibility index (Phi) is 10.2. The van der Waals surface area contributed by atoms with Crippen LogP contribution >= 0.6 is 11.3 Å². The number of carboxylic acid groups (broad SMARTS) is 1. The Morgan fingerprint density at radius 1 is 1.19 bits per heavy atom. The number of carboxylic acids is 1. The molecule has 4 N–H and O–H groups in total. The van der Waals surface area contributed by atoms with Crippen molar-refractivity contribution < 1.29 is 38.9 Å². The second-order valence-corrected chi connectivity index (χ2v) is 13.0. The van der Waals surface area contributed by atoms with Gasteiger partial charge < -0.3 is 29.9 Å². The average Bonchev–Trinajstić information content (AvgIpc) is 3.38. The van der Waals surface area contributed by atoms with E-state index in [2.05, 4.69) is 15.6 Å². The van der Waals surface area contributed by atoms with Gasteiger partial charge in [-0.05, 0) is 29.9 Å². The number of nitrogens with one attached hydrogen (secondary N) is 2. The number of hydrogen-bond acceptors (Lipinski definition) is 10. The number of aliphatic carboxylic acids is 1. The largest absolute Gasteiger partial charge is 0.481 e. The van der Waals surface area contributed by atoms with Crippen molar-refractivity contribution in [1.82, 2.24) is 20.5 Å². The Balaban J connectivity index is 1.48. The van der Waals surface area contributed by atoms with Crippen LogP contribution in [-0.2, 0) is 28.7 Å². The molecule has 43 heavy (non-hydrogen) atoms. The number of ether oxygens (including phenoxy) is 2. The molecule has 2 saturated heterocycles. The zero-order chi connectivity index (χ0) is 31.5. The summed E-state index contributed by atoms with van der Waals surface area (Å²) in [6.07, 6.45) is -1.90. The first-order chi connectivity index (χ1) is 20.2. The van der Waals surface area contributed by atoms with Crippen LogP contribution in [0.15, 0.2) is 29.8 Å². The number of epoxide rings is 1. The molecule has 12 nitrogen and oxygen atoms in total. The number of carbonyl (C=O) groups excluding carboxylic acids is 3. The zero-order valence-corrected chi connectivity index (χ0v) is 25.8. The second-order valence-electron chi connectivity index (χ2n) is 12.2. The molecule has 3 heterocycles. The molecular weight excluding hydrogens is 576 g/mol. The van der Waals surface area contributed by atoms with Crippen LogP contribution in [0.25, 0.3) is 10.4 Å². The van der Waals surface area contributed by atoms with Crippen LogP contribution in [0.3, 0.4) is 0 Å². The van der Waals surface area contributed by atoms with Gasteiger partial charge in [-0.15, -0.1) is 11.3 Å². The van der Waals surface area contributed by atoms with E-state index < -0.39 is 53.9 Å². The summed E-state index contributed by atoms with van der Waals surface area (Å²) >= 11 is 1.54. The molecule has 1 aromatic carbocycles. The predicted molar refractivity (Wildman–Crippen MR) is 158 cm³/mol. The molecule has 234 valence electrons. The minimum atomic E-state index is -1.08. The topological polar surface area (TPSA) is 171 Å². The molecule has 13 heteroatoms. The van der Waals surface area contributed by atoms with Crippen LogP contribution in [0.5, 0.6) is 0 Å². The fourth-order valence-corrected chi connectivity index (χ4v) is 6.13. The fraction of sp³-hybridized carbons (Fsp3) is 0.567. The molecule has 2 aliphatic heterocycles. The number of aromatic nitrogens is 1. The lowest BCUT2D eigenvalue weighted by Crippen LogP contribution is -2.56. The Morgan fingerprint density at radius 2 is 1.88 bits per heavy atom. The second kappa shape index (κ2) is 13.5. The Hall–Kier alpha value is -3.39. The third-order valence-corrected chi connectivity index (χ3v) is 8.59. The van der Waals surface area contributed by atoms with Crippen LogP contribution in [0.4, 0.5) is 0 Å². The highest BCUT2D eigenvalue weighted by atomic mass is 32.1.